The quantitative estimate of drug-likeness (QED) is 0.482. The molecule has 1 amide bonds. The van der Waals surface area contributed by atoms with Crippen molar-refractivity contribution in [3.63, 3.8) is 0 Å². The van der Waals surface area contributed by atoms with Crippen molar-refractivity contribution in [2.45, 2.75) is 26.3 Å². The first kappa shape index (κ1) is 13.5. The second kappa shape index (κ2) is 5.19. The first-order valence-electron chi connectivity index (χ1n) is 5.19. The summed E-state index contributed by atoms with van der Waals surface area (Å²) in [5.41, 5.74) is 0.800. The molecule has 0 aliphatic heterocycles. The van der Waals surface area contributed by atoms with Gasteiger partial charge in [-0.2, -0.15) is 5.10 Å². The van der Waals surface area contributed by atoms with Crippen molar-refractivity contribution in [2.24, 2.45) is 10.9 Å². The summed E-state index contributed by atoms with van der Waals surface area (Å²) in [5, 5.41) is 6.83. The molecule has 1 rings (SSSR count). The molecule has 1 aromatic rings. The number of hydrogen-bond donors (Lipinski definition) is 2. The molecule has 0 saturated carbocycles. The fourth-order valence-electron chi connectivity index (χ4n) is 1.34. The van der Waals surface area contributed by atoms with Crippen molar-refractivity contribution < 1.29 is 4.79 Å². The molecule has 0 bridgehead atoms. The Morgan fingerprint density at radius 1 is 1.47 bits per heavy atom. The van der Waals surface area contributed by atoms with E-state index in [1.807, 2.05) is 20.8 Å². The molecule has 0 radical (unpaired) electrons. The van der Waals surface area contributed by atoms with Crippen LogP contribution in [0.4, 0.5) is 0 Å². The topological polar surface area (TPSA) is 67.5 Å². The Bertz CT molecular complexity index is 450. The van der Waals surface area contributed by atoms with Gasteiger partial charge in [-0.15, -0.1) is 0 Å². The van der Waals surface area contributed by atoms with Gasteiger partial charge in [0, 0.05) is 21.7 Å². The Hall–Kier alpha value is -1.55. The Morgan fingerprint density at radius 3 is 2.65 bits per heavy atom. The summed E-state index contributed by atoms with van der Waals surface area (Å²) in [6.45, 7) is 5.74. The molecule has 3 N–H and O–H groups in total. The SMILES string of the molecule is CC(C)(C)NC(=O)c1ccc(Cl)cc1/C=N/N. The number of hydrazone groups is 1. The number of carbonyl (C=O) groups excluding carboxylic acids is 1. The van der Waals surface area contributed by atoms with Crippen molar-refractivity contribution in [1.82, 2.24) is 5.32 Å². The van der Waals surface area contributed by atoms with E-state index in [0.717, 1.165) is 0 Å². The predicted molar refractivity (Wildman–Crippen MR) is 70.5 cm³/mol. The number of amides is 1. The lowest BCUT2D eigenvalue weighted by atomic mass is 10.0. The van der Waals surface area contributed by atoms with E-state index in [-0.39, 0.29) is 11.4 Å². The first-order chi connectivity index (χ1) is 7.83. The lowest BCUT2D eigenvalue weighted by Crippen LogP contribution is -2.40. The van der Waals surface area contributed by atoms with Gasteiger partial charge in [0.15, 0.2) is 0 Å². The maximum Gasteiger partial charge on any atom is 0.252 e. The van der Waals surface area contributed by atoms with Crippen molar-refractivity contribution >= 4 is 23.7 Å². The second-order valence-corrected chi connectivity index (χ2v) is 5.15. The number of nitrogens with zero attached hydrogens (tertiary/aromatic N) is 1. The number of hydrogen-bond acceptors (Lipinski definition) is 3. The molecule has 4 nitrogen and oxygen atoms in total. The molecule has 0 aromatic heterocycles. The highest BCUT2D eigenvalue weighted by molar-refractivity contribution is 6.31. The lowest BCUT2D eigenvalue weighted by molar-refractivity contribution is 0.0919. The normalized spacial score (nSPS) is 11.8. The number of nitrogens with one attached hydrogen (secondary N) is 1. The smallest absolute Gasteiger partial charge is 0.252 e. The van der Waals surface area contributed by atoms with Crippen molar-refractivity contribution in [3.8, 4) is 0 Å². The molecule has 1 aromatic carbocycles. The second-order valence-electron chi connectivity index (χ2n) is 4.71. The van der Waals surface area contributed by atoms with Gasteiger partial charge >= 0.3 is 0 Å². The monoisotopic (exact) mass is 253 g/mol. The third kappa shape index (κ3) is 4.07. The fourth-order valence-corrected chi connectivity index (χ4v) is 1.52. The standard InChI is InChI=1S/C12H16ClN3O/c1-12(2,3)16-11(17)10-5-4-9(13)6-8(10)7-15-14/h4-7H,14H2,1-3H3,(H,16,17)/b15-7+. The summed E-state index contributed by atoms with van der Waals surface area (Å²) in [6, 6.07) is 4.96. The highest BCUT2D eigenvalue weighted by Gasteiger charge is 2.17. The minimum absolute atomic E-state index is 0.177. The van der Waals surface area contributed by atoms with Gasteiger partial charge in [-0.05, 0) is 39.0 Å². The van der Waals surface area contributed by atoms with Gasteiger partial charge in [-0.25, -0.2) is 0 Å². The highest BCUT2D eigenvalue weighted by Crippen LogP contribution is 2.15. The zero-order valence-corrected chi connectivity index (χ0v) is 10.9. The van der Waals surface area contributed by atoms with E-state index in [1.54, 1.807) is 18.2 Å². The molecule has 0 fully saturated rings. The summed E-state index contributed by atoms with van der Waals surface area (Å²) < 4.78 is 0. The van der Waals surface area contributed by atoms with Gasteiger partial charge in [0.1, 0.15) is 0 Å². The number of nitrogens with two attached hydrogens (primary N) is 1. The summed E-state index contributed by atoms with van der Waals surface area (Å²) >= 11 is 5.86. The molecule has 0 heterocycles. The Kier molecular flexibility index (Phi) is 4.12. The number of rotatable bonds is 2. The van der Waals surface area contributed by atoms with Gasteiger partial charge in [0.05, 0.1) is 6.21 Å². The predicted octanol–water partition coefficient (Wildman–Crippen LogP) is 2.16. The van der Waals surface area contributed by atoms with E-state index in [4.69, 9.17) is 17.4 Å². The number of carbonyl (C=O) groups is 1. The van der Waals surface area contributed by atoms with Crippen LogP contribution in [0, 0.1) is 0 Å². The van der Waals surface area contributed by atoms with Crippen LogP contribution in [0.3, 0.4) is 0 Å². The van der Waals surface area contributed by atoms with Gasteiger partial charge in [0.25, 0.3) is 5.91 Å². The molecule has 5 heteroatoms. The van der Waals surface area contributed by atoms with Gasteiger partial charge in [-0.3, -0.25) is 4.79 Å². The molecule has 0 unspecified atom stereocenters. The third-order valence-electron chi connectivity index (χ3n) is 1.96. The van der Waals surface area contributed by atoms with E-state index < -0.39 is 0 Å². The molecule has 0 atom stereocenters. The number of benzene rings is 1. The summed E-state index contributed by atoms with van der Waals surface area (Å²) in [4.78, 5) is 12.0. The minimum Gasteiger partial charge on any atom is -0.347 e. The largest absolute Gasteiger partial charge is 0.347 e. The summed E-state index contributed by atoms with van der Waals surface area (Å²) in [7, 11) is 0. The molecular formula is C12H16ClN3O. The van der Waals surface area contributed by atoms with Crippen LogP contribution in [0.25, 0.3) is 0 Å². The first-order valence-corrected chi connectivity index (χ1v) is 5.56. The molecule has 0 saturated heterocycles. The molecule has 0 aliphatic carbocycles. The minimum atomic E-state index is -0.298. The molecular weight excluding hydrogens is 238 g/mol. The van der Waals surface area contributed by atoms with E-state index in [1.165, 1.54) is 6.21 Å². The van der Waals surface area contributed by atoms with Gasteiger partial charge < -0.3 is 11.2 Å². The maximum atomic E-state index is 12.0. The van der Waals surface area contributed by atoms with E-state index in [9.17, 15) is 4.79 Å². The molecule has 0 spiro atoms. The highest BCUT2D eigenvalue weighted by atomic mass is 35.5. The summed E-state index contributed by atoms with van der Waals surface area (Å²) in [5.74, 6) is 4.92. The number of halogens is 1. The van der Waals surface area contributed by atoms with Crippen LogP contribution in [0.2, 0.25) is 5.02 Å². The van der Waals surface area contributed by atoms with E-state index >= 15 is 0 Å². The van der Waals surface area contributed by atoms with E-state index in [0.29, 0.717) is 16.1 Å². The maximum absolute atomic E-state index is 12.0. The fraction of sp³-hybridized carbons (Fsp3) is 0.333. The summed E-state index contributed by atoms with van der Waals surface area (Å²) in [6.07, 6.45) is 1.41. The van der Waals surface area contributed by atoms with Crippen LogP contribution in [0.5, 0.6) is 0 Å². The van der Waals surface area contributed by atoms with Crippen LogP contribution in [-0.2, 0) is 0 Å². The van der Waals surface area contributed by atoms with Gasteiger partial charge in [0.2, 0.25) is 0 Å². The Labute approximate surface area is 106 Å². The van der Waals surface area contributed by atoms with Crippen LogP contribution in [0.1, 0.15) is 36.7 Å². The van der Waals surface area contributed by atoms with Crippen molar-refractivity contribution in [3.05, 3.63) is 34.3 Å². The molecule has 0 aliphatic rings. The van der Waals surface area contributed by atoms with Crippen LogP contribution < -0.4 is 11.2 Å². The average Bonchev–Trinajstić information content (AvgIpc) is 2.15. The zero-order chi connectivity index (χ0) is 13.1. The van der Waals surface area contributed by atoms with Gasteiger partial charge in [-0.1, -0.05) is 11.6 Å². The van der Waals surface area contributed by atoms with Crippen molar-refractivity contribution in [1.29, 1.82) is 0 Å². The Morgan fingerprint density at radius 2 is 2.12 bits per heavy atom. The zero-order valence-electron chi connectivity index (χ0n) is 10.1. The van der Waals surface area contributed by atoms with Crippen molar-refractivity contribution in [2.75, 3.05) is 0 Å². The van der Waals surface area contributed by atoms with Crippen LogP contribution >= 0.6 is 11.6 Å². The average molecular weight is 254 g/mol. The van der Waals surface area contributed by atoms with Crippen LogP contribution in [-0.4, -0.2) is 17.7 Å². The molecule has 92 valence electrons. The molecule has 17 heavy (non-hydrogen) atoms. The lowest BCUT2D eigenvalue weighted by Gasteiger charge is -2.21. The Balaban J connectivity index is 3.09. The third-order valence-corrected chi connectivity index (χ3v) is 2.20. The van der Waals surface area contributed by atoms with E-state index in [2.05, 4.69) is 10.4 Å². The van der Waals surface area contributed by atoms with Crippen LogP contribution in [0.15, 0.2) is 23.3 Å².